The summed E-state index contributed by atoms with van der Waals surface area (Å²) in [5.41, 5.74) is 4.18. The van der Waals surface area contributed by atoms with Crippen LogP contribution in [0.2, 0.25) is 0 Å². The lowest BCUT2D eigenvalue weighted by Crippen LogP contribution is -2.46. The van der Waals surface area contributed by atoms with Gasteiger partial charge < -0.3 is 25.3 Å². The summed E-state index contributed by atoms with van der Waals surface area (Å²) in [6.07, 6.45) is 13.7. The largest absolute Gasteiger partial charge is 0.379 e. The number of H-pyrrole nitrogens is 1. The first-order valence-electron chi connectivity index (χ1n) is 15.0. The molecule has 11 nitrogen and oxygen atoms in total. The van der Waals surface area contributed by atoms with E-state index in [9.17, 15) is 4.79 Å². The number of carbonyl (C=O) groups is 1. The lowest BCUT2D eigenvalue weighted by Gasteiger charge is -2.39. The highest BCUT2D eigenvalue weighted by Crippen LogP contribution is 2.34. The number of morpholine rings is 1. The molecule has 216 valence electrons. The number of likely N-dealkylation sites (tertiary alicyclic amines) is 1. The zero-order valence-corrected chi connectivity index (χ0v) is 23.7. The van der Waals surface area contributed by atoms with Gasteiger partial charge in [0.1, 0.15) is 17.8 Å². The van der Waals surface area contributed by atoms with Crippen LogP contribution in [0.4, 0.5) is 5.82 Å². The first-order valence-corrected chi connectivity index (χ1v) is 15.0. The molecule has 2 saturated heterocycles. The number of nitrogens with one attached hydrogen (secondary N) is 3. The predicted molar refractivity (Wildman–Crippen MR) is 158 cm³/mol. The van der Waals surface area contributed by atoms with Crippen LogP contribution in [0.3, 0.4) is 0 Å². The van der Waals surface area contributed by atoms with Crippen LogP contribution >= 0.6 is 0 Å². The van der Waals surface area contributed by atoms with Gasteiger partial charge in [-0.1, -0.05) is 0 Å². The lowest BCUT2D eigenvalue weighted by atomic mass is 9.90. The zero-order chi connectivity index (χ0) is 27.8. The Morgan fingerprint density at radius 3 is 2.63 bits per heavy atom. The van der Waals surface area contributed by atoms with E-state index in [0.717, 1.165) is 98.6 Å². The van der Waals surface area contributed by atoms with Crippen LogP contribution in [0.15, 0.2) is 37.1 Å². The average molecular weight is 558 g/mol. The fourth-order valence-corrected chi connectivity index (χ4v) is 6.76. The fourth-order valence-electron chi connectivity index (χ4n) is 6.76. The lowest BCUT2D eigenvalue weighted by molar-refractivity contribution is 0.00791. The number of carbonyl (C=O) groups excluding carboxylic acids is 1. The van der Waals surface area contributed by atoms with Crippen molar-refractivity contribution in [2.24, 2.45) is 0 Å². The third kappa shape index (κ3) is 5.41. The molecule has 3 fully saturated rings. The van der Waals surface area contributed by atoms with Gasteiger partial charge in [0.2, 0.25) is 0 Å². The van der Waals surface area contributed by atoms with Crippen LogP contribution in [0, 0.1) is 0 Å². The third-order valence-corrected chi connectivity index (χ3v) is 9.20. The van der Waals surface area contributed by atoms with Gasteiger partial charge in [-0.25, -0.2) is 14.5 Å². The zero-order valence-electron chi connectivity index (χ0n) is 23.7. The van der Waals surface area contributed by atoms with E-state index in [-0.39, 0.29) is 11.9 Å². The maximum Gasteiger partial charge on any atom is 0.255 e. The quantitative estimate of drug-likeness (QED) is 0.331. The van der Waals surface area contributed by atoms with Gasteiger partial charge in [0, 0.05) is 49.2 Å². The van der Waals surface area contributed by atoms with E-state index in [2.05, 4.69) is 47.5 Å². The minimum atomic E-state index is -0.0657. The van der Waals surface area contributed by atoms with Gasteiger partial charge in [-0.15, -0.1) is 0 Å². The Bertz CT molecular complexity index is 1510. The summed E-state index contributed by atoms with van der Waals surface area (Å²) in [6, 6.07) is 5.30. The molecule has 11 heteroatoms. The number of hydrogen-bond acceptors (Lipinski definition) is 8. The molecule has 0 bridgehead atoms. The smallest absolute Gasteiger partial charge is 0.255 e. The van der Waals surface area contributed by atoms with Gasteiger partial charge in [-0.05, 0) is 76.4 Å². The molecule has 1 amide bonds. The molecule has 1 saturated carbocycles. The second kappa shape index (κ2) is 11.4. The highest BCUT2D eigenvalue weighted by molar-refractivity contribution is 6.04. The number of pyridine rings is 1. The Morgan fingerprint density at radius 1 is 1.02 bits per heavy atom. The second-order valence-electron chi connectivity index (χ2n) is 11.8. The highest BCUT2D eigenvalue weighted by atomic mass is 16.5. The number of amides is 1. The van der Waals surface area contributed by atoms with E-state index >= 15 is 0 Å². The highest BCUT2D eigenvalue weighted by Gasteiger charge is 2.28. The van der Waals surface area contributed by atoms with Crippen molar-refractivity contribution in [2.75, 3.05) is 51.8 Å². The summed E-state index contributed by atoms with van der Waals surface area (Å²) in [4.78, 5) is 30.7. The molecule has 0 unspecified atom stereocenters. The van der Waals surface area contributed by atoms with E-state index in [1.165, 1.54) is 12.8 Å². The van der Waals surface area contributed by atoms with E-state index in [0.29, 0.717) is 17.6 Å². The summed E-state index contributed by atoms with van der Waals surface area (Å²) in [5.74, 6) is 0.790. The Balaban J connectivity index is 1.11. The monoisotopic (exact) mass is 557 g/mol. The maximum absolute atomic E-state index is 13.3. The molecule has 41 heavy (non-hydrogen) atoms. The van der Waals surface area contributed by atoms with Crippen LogP contribution in [-0.4, -0.2) is 105 Å². The topological polar surface area (TPSA) is 116 Å². The van der Waals surface area contributed by atoms with Crippen molar-refractivity contribution in [2.45, 2.75) is 56.7 Å². The molecule has 3 N–H and O–H groups in total. The summed E-state index contributed by atoms with van der Waals surface area (Å²) in [5, 5.41) is 12.4. The van der Waals surface area contributed by atoms with E-state index in [1.54, 1.807) is 17.0 Å². The van der Waals surface area contributed by atoms with Gasteiger partial charge in [0.05, 0.1) is 35.9 Å². The number of fused-ring (bicyclic) bond motifs is 2. The molecule has 4 aromatic heterocycles. The molecule has 2 aliphatic heterocycles. The molecule has 0 atom stereocenters. The summed E-state index contributed by atoms with van der Waals surface area (Å²) in [6.45, 7) is 5.79. The van der Waals surface area contributed by atoms with Crippen molar-refractivity contribution in [1.29, 1.82) is 0 Å². The first-order chi connectivity index (χ1) is 20.1. The first kappa shape index (κ1) is 26.4. The molecule has 0 spiro atoms. The molecule has 1 aliphatic carbocycles. The summed E-state index contributed by atoms with van der Waals surface area (Å²) < 4.78 is 7.31. The van der Waals surface area contributed by atoms with Crippen LogP contribution < -0.4 is 10.6 Å². The number of nitrogens with zero attached hydrogens (tertiary/aromatic N) is 6. The van der Waals surface area contributed by atoms with Crippen molar-refractivity contribution in [3.8, 4) is 11.1 Å². The standard InChI is InChI=1S/C30H39N9O2/c1-37-9-7-22(8-10-37)36-30(40)25-18-34-39-11-6-20(16-26(25)39)24-17-31-28-27(24)29(33-19-32-28)35-21-2-4-23(5-3-21)38-12-14-41-15-13-38/h6,11,16-19,21-23H,2-5,7-10,12-15H2,1H3,(H,36,40)(H2,31,32,33,35)/t21-,23-. The van der Waals surface area contributed by atoms with Crippen molar-refractivity contribution < 1.29 is 9.53 Å². The Kier molecular flexibility index (Phi) is 7.32. The number of ether oxygens (including phenoxy) is 1. The van der Waals surface area contributed by atoms with Gasteiger partial charge in [0.25, 0.3) is 5.91 Å². The van der Waals surface area contributed by atoms with Crippen LogP contribution in [0.1, 0.15) is 48.9 Å². The van der Waals surface area contributed by atoms with Crippen LogP contribution in [0.5, 0.6) is 0 Å². The molecule has 0 radical (unpaired) electrons. The fraction of sp³-hybridized carbons (Fsp3) is 0.533. The summed E-state index contributed by atoms with van der Waals surface area (Å²) >= 11 is 0. The Labute approximate surface area is 239 Å². The molecule has 7 rings (SSSR count). The van der Waals surface area contributed by atoms with E-state index in [4.69, 9.17) is 4.74 Å². The molecular weight excluding hydrogens is 518 g/mol. The van der Waals surface area contributed by atoms with Crippen molar-refractivity contribution >= 4 is 28.3 Å². The van der Waals surface area contributed by atoms with Crippen molar-refractivity contribution in [3.63, 3.8) is 0 Å². The van der Waals surface area contributed by atoms with Crippen molar-refractivity contribution in [3.05, 3.63) is 42.6 Å². The molecule has 6 heterocycles. The average Bonchev–Trinajstić information content (AvgIpc) is 3.64. The van der Waals surface area contributed by atoms with Gasteiger partial charge in [-0.2, -0.15) is 5.10 Å². The number of aromatic amines is 1. The summed E-state index contributed by atoms with van der Waals surface area (Å²) in [7, 11) is 2.12. The minimum Gasteiger partial charge on any atom is -0.379 e. The van der Waals surface area contributed by atoms with E-state index in [1.807, 2.05) is 24.5 Å². The molecule has 0 aromatic carbocycles. The number of rotatable bonds is 6. The van der Waals surface area contributed by atoms with Crippen LogP contribution in [0.25, 0.3) is 27.7 Å². The number of piperidine rings is 1. The molecule has 4 aromatic rings. The SMILES string of the molecule is CN1CCC(NC(=O)c2cnn3ccc(-c4c[nH]c5ncnc(N[C@H]6CC[C@H](N7CCOCC7)CC6)c45)cc23)CC1. The normalized spacial score (nSPS) is 23.2. The number of aromatic nitrogens is 5. The van der Waals surface area contributed by atoms with Gasteiger partial charge in [0.15, 0.2) is 0 Å². The maximum atomic E-state index is 13.3. The molecular formula is C30H39N9O2. The third-order valence-electron chi connectivity index (χ3n) is 9.20. The number of hydrogen-bond donors (Lipinski definition) is 3. The minimum absolute atomic E-state index is 0.0657. The Morgan fingerprint density at radius 2 is 1.83 bits per heavy atom. The predicted octanol–water partition coefficient (Wildman–Crippen LogP) is 3.15. The van der Waals surface area contributed by atoms with Gasteiger partial charge >= 0.3 is 0 Å². The van der Waals surface area contributed by atoms with Gasteiger partial charge in [-0.3, -0.25) is 9.69 Å². The Hall–Kier alpha value is -3.54. The van der Waals surface area contributed by atoms with Crippen molar-refractivity contribution in [1.82, 2.24) is 39.7 Å². The second-order valence-corrected chi connectivity index (χ2v) is 11.8. The molecule has 3 aliphatic rings. The number of anilines is 1. The van der Waals surface area contributed by atoms with Crippen LogP contribution in [-0.2, 0) is 4.74 Å². The van der Waals surface area contributed by atoms with E-state index < -0.39 is 0 Å².